The molecule has 0 aromatic carbocycles. The van der Waals surface area contributed by atoms with Crippen molar-refractivity contribution in [1.82, 2.24) is 14.8 Å². The molecule has 1 aliphatic carbocycles. The monoisotopic (exact) mass is 259 g/mol. The molecule has 2 rings (SSSR count). The molecule has 1 aromatic rings. The van der Waals surface area contributed by atoms with Gasteiger partial charge in [0.25, 0.3) is 0 Å². The first-order valence-electron chi connectivity index (χ1n) is 5.55. The van der Waals surface area contributed by atoms with Crippen LogP contribution in [-0.4, -0.2) is 31.4 Å². The predicted molar refractivity (Wildman–Crippen MR) is 68.1 cm³/mol. The Bertz CT molecular complexity index is 393. The van der Waals surface area contributed by atoms with Crippen LogP contribution in [0.4, 0.5) is 0 Å². The molecule has 1 heterocycles. The normalized spacial score (nSPS) is 25.9. The molecule has 0 bridgehead atoms. The van der Waals surface area contributed by atoms with Crippen molar-refractivity contribution in [3.05, 3.63) is 10.6 Å². The summed E-state index contributed by atoms with van der Waals surface area (Å²) < 4.78 is 2.63. The Morgan fingerprint density at radius 2 is 2.19 bits per heavy atom. The second-order valence-electron chi connectivity index (χ2n) is 4.14. The van der Waals surface area contributed by atoms with Crippen LogP contribution in [0.25, 0.3) is 0 Å². The number of rotatable bonds is 3. The molecule has 16 heavy (non-hydrogen) atoms. The van der Waals surface area contributed by atoms with Gasteiger partial charge in [-0.25, -0.2) is 0 Å². The molecule has 1 aliphatic rings. The summed E-state index contributed by atoms with van der Waals surface area (Å²) in [5, 5.41) is 16.8. The number of nitrogens with one attached hydrogen (secondary N) is 1. The average Bonchev–Trinajstić information content (AvgIpc) is 2.70. The van der Waals surface area contributed by atoms with Crippen molar-refractivity contribution in [3.63, 3.8) is 0 Å². The smallest absolute Gasteiger partial charge is 0.195 e. The van der Waals surface area contributed by atoms with Crippen LogP contribution >= 0.6 is 24.0 Å². The number of aliphatic hydroxyl groups is 1. The van der Waals surface area contributed by atoms with Crippen molar-refractivity contribution in [2.75, 3.05) is 6.26 Å². The number of aromatic nitrogens is 3. The minimum Gasteiger partial charge on any atom is -0.388 e. The lowest BCUT2D eigenvalue weighted by atomic mass is 9.95. The molecular weight excluding hydrogens is 242 g/mol. The number of hydrogen-bond acceptors (Lipinski definition) is 4. The molecule has 6 heteroatoms. The molecule has 1 fully saturated rings. The molecule has 0 radical (unpaired) electrons. The number of nitrogens with zero attached hydrogens (tertiary/aromatic N) is 2. The average molecular weight is 259 g/mol. The summed E-state index contributed by atoms with van der Waals surface area (Å²) >= 11 is 7.16. The molecule has 1 saturated carbocycles. The Kier molecular flexibility index (Phi) is 4.05. The lowest BCUT2D eigenvalue weighted by Crippen LogP contribution is -2.21. The number of hydrogen-bond donors (Lipinski definition) is 2. The lowest BCUT2D eigenvalue weighted by Gasteiger charge is -2.28. The van der Waals surface area contributed by atoms with Crippen molar-refractivity contribution < 1.29 is 5.11 Å². The van der Waals surface area contributed by atoms with E-state index in [1.165, 1.54) is 12.8 Å². The molecule has 1 aromatic heterocycles. The SMILES string of the molecule is CSC1CCC(n2c(CO)n[nH]c2=S)CC1. The molecule has 2 N–H and O–H groups in total. The summed E-state index contributed by atoms with van der Waals surface area (Å²) in [6, 6.07) is 0.414. The van der Waals surface area contributed by atoms with Gasteiger partial charge in [-0.2, -0.15) is 16.9 Å². The minimum absolute atomic E-state index is 0.0460. The molecule has 0 aliphatic heterocycles. The van der Waals surface area contributed by atoms with Gasteiger partial charge in [-0.05, 0) is 44.2 Å². The third kappa shape index (κ3) is 2.33. The highest BCUT2D eigenvalue weighted by Crippen LogP contribution is 2.34. The van der Waals surface area contributed by atoms with E-state index < -0.39 is 0 Å². The van der Waals surface area contributed by atoms with E-state index in [9.17, 15) is 5.11 Å². The maximum absolute atomic E-state index is 9.21. The number of thioether (sulfide) groups is 1. The molecule has 0 atom stereocenters. The summed E-state index contributed by atoms with van der Waals surface area (Å²) in [6.07, 6.45) is 6.89. The molecule has 90 valence electrons. The van der Waals surface area contributed by atoms with Gasteiger partial charge in [0.05, 0.1) is 0 Å². The van der Waals surface area contributed by atoms with Crippen LogP contribution in [0, 0.1) is 4.77 Å². The zero-order valence-electron chi connectivity index (χ0n) is 9.35. The Balaban J connectivity index is 2.13. The van der Waals surface area contributed by atoms with Crippen molar-refractivity contribution >= 4 is 24.0 Å². The highest BCUT2D eigenvalue weighted by Gasteiger charge is 2.24. The maximum atomic E-state index is 9.21. The second-order valence-corrected chi connectivity index (χ2v) is 5.66. The first-order valence-corrected chi connectivity index (χ1v) is 7.25. The van der Waals surface area contributed by atoms with Gasteiger partial charge in [-0.1, -0.05) is 0 Å². The fraction of sp³-hybridized carbons (Fsp3) is 0.800. The van der Waals surface area contributed by atoms with E-state index in [1.807, 2.05) is 16.3 Å². The van der Waals surface area contributed by atoms with Crippen molar-refractivity contribution in [2.24, 2.45) is 0 Å². The van der Waals surface area contributed by atoms with E-state index in [0.29, 0.717) is 16.6 Å². The van der Waals surface area contributed by atoms with Crippen LogP contribution in [0.5, 0.6) is 0 Å². The maximum Gasteiger partial charge on any atom is 0.195 e. The van der Waals surface area contributed by atoms with Crippen LogP contribution in [0.2, 0.25) is 0 Å². The highest BCUT2D eigenvalue weighted by molar-refractivity contribution is 7.99. The van der Waals surface area contributed by atoms with Gasteiger partial charge in [-0.3, -0.25) is 9.67 Å². The second kappa shape index (κ2) is 5.33. The van der Waals surface area contributed by atoms with Gasteiger partial charge in [0.15, 0.2) is 10.6 Å². The number of aromatic amines is 1. The summed E-state index contributed by atoms with van der Waals surface area (Å²) in [5.74, 6) is 0.664. The molecular formula is C10H17N3OS2. The third-order valence-corrected chi connectivity index (χ3v) is 4.69. The van der Waals surface area contributed by atoms with E-state index in [-0.39, 0.29) is 6.61 Å². The Hall–Kier alpha value is -0.330. The molecule has 0 amide bonds. The summed E-state index contributed by atoms with van der Waals surface area (Å²) in [4.78, 5) is 0. The quantitative estimate of drug-likeness (QED) is 0.818. The lowest BCUT2D eigenvalue weighted by molar-refractivity contribution is 0.251. The van der Waals surface area contributed by atoms with Gasteiger partial charge < -0.3 is 5.11 Å². The number of H-pyrrole nitrogens is 1. The van der Waals surface area contributed by atoms with Crippen LogP contribution in [0.1, 0.15) is 37.5 Å². The van der Waals surface area contributed by atoms with Crippen molar-refractivity contribution in [2.45, 2.75) is 43.6 Å². The predicted octanol–water partition coefficient (Wildman–Crippen LogP) is 2.28. The van der Waals surface area contributed by atoms with Crippen molar-refractivity contribution in [3.8, 4) is 0 Å². The Morgan fingerprint density at radius 1 is 1.50 bits per heavy atom. The zero-order chi connectivity index (χ0) is 11.5. The topological polar surface area (TPSA) is 53.8 Å². The molecule has 0 saturated heterocycles. The highest BCUT2D eigenvalue weighted by atomic mass is 32.2. The number of aliphatic hydroxyl groups excluding tert-OH is 1. The third-order valence-electron chi connectivity index (χ3n) is 3.26. The van der Waals surface area contributed by atoms with E-state index in [2.05, 4.69) is 16.5 Å². The van der Waals surface area contributed by atoms with E-state index in [4.69, 9.17) is 12.2 Å². The van der Waals surface area contributed by atoms with E-state index in [0.717, 1.165) is 18.1 Å². The molecule has 4 nitrogen and oxygen atoms in total. The van der Waals surface area contributed by atoms with Gasteiger partial charge in [0.2, 0.25) is 0 Å². The molecule has 0 unspecified atom stereocenters. The molecule has 0 spiro atoms. The summed E-state index contributed by atoms with van der Waals surface area (Å²) in [7, 11) is 0. The largest absolute Gasteiger partial charge is 0.388 e. The van der Waals surface area contributed by atoms with Crippen LogP contribution in [0.3, 0.4) is 0 Å². The van der Waals surface area contributed by atoms with Gasteiger partial charge in [-0.15, -0.1) is 0 Å². The first kappa shape index (κ1) is 12.1. The van der Waals surface area contributed by atoms with Crippen LogP contribution in [0.15, 0.2) is 0 Å². The fourth-order valence-corrected chi connectivity index (χ4v) is 3.41. The van der Waals surface area contributed by atoms with Gasteiger partial charge in [0.1, 0.15) is 6.61 Å². The summed E-state index contributed by atoms with van der Waals surface area (Å²) in [6.45, 7) is -0.0460. The van der Waals surface area contributed by atoms with Crippen LogP contribution in [-0.2, 0) is 6.61 Å². The van der Waals surface area contributed by atoms with Crippen LogP contribution < -0.4 is 0 Å². The summed E-state index contributed by atoms with van der Waals surface area (Å²) in [5.41, 5.74) is 0. The van der Waals surface area contributed by atoms with E-state index >= 15 is 0 Å². The van der Waals surface area contributed by atoms with Crippen molar-refractivity contribution in [1.29, 1.82) is 0 Å². The van der Waals surface area contributed by atoms with Gasteiger partial charge in [0, 0.05) is 11.3 Å². The Labute approximate surface area is 104 Å². The zero-order valence-corrected chi connectivity index (χ0v) is 11.0. The van der Waals surface area contributed by atoms with Gasteiger partial charge >= 0.3 is 0 Å². The Morgan fingerprint density at radius 3 is 2.75 bits per heavy atom. The first-order chi connectivity index (χ1) is 7.76. The fourth-order valence-electron chi connectivity index (χ4n) is 2.36. The van der Waals surface area contributed by atoms with E-state index in [1.54, 1.807) is 0 Å². The minimum atomic E-state index is -0.0460. The standard InChI is InChI=1S/C10H17N3OS2/c1-16-8-4-2-7(3-5-8)13-9(6-14)11-12-10(13)15/h7-8,14H,2-6H2,1H3,(H,12,15).